The Hall–Kier alpha value is -1.80. The van der Waals surface area contributed by atoms with E-state index in [1.54, 1.807) is 29.2 Å². The lowest BCUT2D eigenvalue weighted by Gasteiger charge is -2.44. The number of carbonyl (C=O) groups is 2. The second kappa shape index (κ2) is 9.80. The van der Waals surface area contributed by atoms with Crippen molar-refractivity contribution in [2.45, 2.75) is 64.4 Å². The van der Waals surface area contributed by atoms with E-state index in [-0.39, 0.29) is 11.8 Å². The molecule has 3 unspecified atom stereocenters. The highest BCUT2D eigenvalue weighted by atomic mass is 16.3. The Morgan fingerprint density at radius 2 is 1.55 bits per heavy atom. The van der Waals surface area contributed by atoms with Gasteiger partial charge in [-0.2, -0.15) is 0 Å². The van der Waals surface area contributed by atoms with Crippen LogP contribution in [0.1, 0.15) is 66.7 Å². The number of piperidine rings is 1. The molecule has 0 bridgehead atoms. The first-order chi connectivity index (χ1) is 14.0. The van der Waals surface area contributed by atoms with Crippen LogP contribution in [-0.2, 0) is 0 Å². The predicted molar refractivity (Wildman–Crippen MR) is 110 cm³/mol. The summed E-state index contributed by atoms with van der Waals surface area (Å²) in [7, 11) is 0. The van der Waals surface area contributed by atoms with Crippen molar-refractivity contribution in [1.82, 2.24) is 14.7 Å². The lowest BCUT2D eigenvalue weighted by atomic mass is 10.00. The van der Waals surface area contributed by atoms with Crippen molar-refractivity contribution < 1.29 is 19.8 Å². The Morgan fingerprint density at radius 1 is 0.966 bits per heavy atom. The van der Waals surface area contributed by atoms with Gasteiger partial charge in [-0.05, 0) is 63.9 Å². The molecule has 2 aliphatic rings. The summed E-state index contributed by atoms with van der Waals surface area (Å²) in [5, 5.41) is 21.4. The molecule has 1 aromatic rings. The number of nitrogens with zero attached hydrogens (tertiary/aromatic N) is 3. The highest BCUT2D eigenvalue weighted by Gasteiger charge is 2.46. The average molecular weight is 404 g/mol. The zero-order chi connectivity index (χ0) is 21.0. The number of aliphatic hydroxyl groups excluding tert-OH is 2. The van der Waals surface area contributed by atoms with Crippen LogP contribution in [0.2, 0.25) is 0 Å². The van der Waals surface area contributed by atoms with Crippen molar-refractivity contribution in [3.05, 3.63) is 35.4 Å². The van der Waals surface area contributed by atoms with Crippen LogP contribution in [0, 0.1) is 0 Å². The minimum atomic E-state index is -1.06. The Labute approximate surface area is 172 Å². The van der Waals surface area contributed by atoms with E-state index >= 15 is 0 Å². The van der Waals surface area contributed by atoms with Gasteiger partial charge in [0.1, 0.15) is 12.5 Å². The topological polar surface area (TPSA) is 84.3 Å². The minimum absolute atomic E-state index is 0.358. The first-order valence-electron chi connectivity index (χ1n) is 10.8. The quantitative estimate of drug-likeness (QED) is 0.613. The summed E-state index contributed by atoms with van der Waals surface area (Å²) in [4.78, 5) is 30.8. The van der Waals surface area contributed by atoms with Crippen LogP contribution in [0.5, 0.6) is 0 Å². The molecule has 2 heterocycles. The number of aliphatic hydroxyl groups is 2. The first-order valence-corrected chi connectivity index (χ1v) is 10.8. The molecule has 2 N–H and O–H groups in total. The van der Waals surface area contributed by atoms with Gasteiger partial charge in [0.05, 0.1) is 17.2 Å². The number of rotatable bonds is 9. The maximum absolute atomic E-state index is 12.8. The van der Waals surface area contributed by atoms with Crippen molar-refractivity contribution in [2.24, 2.45) is 0 Å². The Balaban J connectivity index is 1.66. The third kappa shape index (κ3) is 4.53. The van der Waals surface area contributed by atoms with Gasteiger partial charge in [0.25, 0.3) is 11.8 Å². The lowest BCUT2D eigenvalue weighted by Crippen LogP contribution is -2.60. The van der Waals surface area contributed by atoms with Crippen LogP contribution in [0.3, 0.4) is 0 Å². The molecule has 1 saturated heterocycles. The molecule has 7 nitrogen and oxygen atoms in total. The molecule has 3 rings (SSSR count). The van der Waals surface area contributed by atoms with Crippen molar-refractivity contribution >= 4 is 11.8 Å². The van der Waals surface area contributed by atoms with Crippen molar-refractivity contribution in [1.29, 1.82) is 0 Å². The van der Waals surface area contributed by atoms with Crippen molar-refractivity contribution in [2.75, 3.05) is 26.2 Å². The van der Waals surface area contributed by atoms with E-state index in [1.807, 2.05) is 0 Å². The summed E-state index contributed by atoms with van der Waals surface area (Å²) in [6, 6.07) is 6.12. The van der Waals surface area contributed by atoms with Gasteiger partial charge in [0.15, 0.2) is 0 Å². The third-order valence-corrected chi connectivity index (χ3v) is 5.91. The number of likely N-dealkylation sites (tertiary alicyclic amines) is 1. The standard InChI is InChI=1S/C22H33N3O4/c1-3-12-23(13-4-2)14-7-15-24-19(26)11-10-18(22(24)29)25-20(27)16-8-5-6-9-17(16)21(25)28/h5-6,8-9,18-19,22,26,29H,3-4,7,10-15H2,1-2H3. The fraction of sp³-hybridized carbons (Fsp3) is 0.636. The van der Waals surface area contributed by atoms with E-state index in [1.165, 1.54) is 4.90 Å². The molecule has 0 saturated carbocycles. The van der Waals surface area contributed by atoms with Gasteiger partial charge in [0, 0.05) is 6.54 Å². The van der Waals surface area contributed by atoms with Gasteiger partial charge in [-0.15, -0.1) is 0 Å². The Kier molecular flexibility index (Phi) is 7.40. The van der Waals surface area contributed by atoms with Gasteiger partial charge < -0.3 is 15.1 Å². The van der Waals surface area contributed by atoms with E-state index in [9.17, 15) is 19.8 Å². The fourth-order valence-corrected chi connectivity index (χ4v) is 4.53. The normalized spacial score (nSPS) is 25.1. The Morgan fingerprint density at radius 3 is 2.10 bits per heavy atom. The van der Waals surface area contributed by atoms with Gasteiger partial charge in [-0.25, -0.2) is 0 Å². The zero-order valence-corrected chi connectivity index (χ0v) is 17.5. The second-order valence-electron chi connectivity index (χ2n) is 8.00. The highest BCUT2D eigenvalue weighted by molar-refractivity contribution is 6.21. The number of hydrogen-bond donors (Lipinski definition) is 2. The molecular weight excluding hydrogens is 370 g/mol. The number of benzene rings is 1. The van der Waals surface area contributed by atoms with Crippen LogP contribution in [-0.4, -0.2) is 81.4 Å². The molecule has 0 spiro atoms. The third-order valence-electron chi connectivity index (χ3n) is 5.91. The van der Waals surface area contributed by atoms with E-state index in [2.05, 4.69) is 18.7 Å². The molecule has 7 heteroatoms. The summed E-state index contributed by atoms with van der Waals surface area (Å²) < 4.78 is 0. The van der Waals surface area contributed by atoms with Crippen LogP contribution >= 0.6 is 0 Å². The fourth-order valence-electron chi connectivity index (χ4n) is 4.53. The molecule has 0 radical (unpaired) electrons. The van der Waals surface area contributed by atoms with Gasteiger partial charge in [-0.3, -0.25) is 19.4 Å². The van der Waals surface area contributed by atoms with Crippen LogP contribution in [0.15, 0.2) is 24.3 Å². The van der Waals surface area contributed by atoms with E-state index < -0.39 is 18.5 Å². The Bertz CT molecular complexity index is 685. The highest BCUT2D eigenvalue weighted by Crippen LogP contribution is 2.31. The molecule has 0 aliphatic carbocycles. The SMILES string of the molecule is CCCN(CCC)CCCN1C(O)CCC(N2C(=O)c3ccccc3C2=O)C1O. The van der Waals surface area contributed by atoms with E-state index in [0.717, 1.165) is 38.9 Å². The largest absolute Gasteiger partial charge is 0.378 e. The van der Waals surface area contributed by atoms with E-state index in [0.29, 0.717) is 30.5 Å². The maximum atomic E-state index is 12.8. The summed E-state index contributed by atoms with van der Waals surface area (Å²) in [6.45, 7) is 7.81. The smallest absolute Gasteiger partial charge is 0.261 e. The molecule has 3 atom stereocenters. The number of amides is 2. The van der Waals surface area contributed by atoms with Gasteiger partial charge in [-0.1, -0.05) is 26.0 Å². The van der Waals surface area contributed by atoms with Gasteiger partial charge >= 0.3 is 0 Å². The molecule has 160 valence electrons. The number of imide groups is 1. The van der Waals surface area contributed by atoms with Crippen LogP contribution in [0.4, 0.5) is 0 Å². The number of hydrogen-bond acceptors (Lipinski definition) is 6. The number of carbonyl (C=O) groups excluding carboxylic acids is 2. The molecule has 2 amide bonds. The predicted octanol–water partition coefficient (Wildman–Crippen LogP) is 1.90. The van der Waals surface area contributed by atoms with Crippen LogP contribution < -0.4 is 0 Å². The number of fused-ring (bicyclic) bond motifs is 1. The molecule has 1 fully saturated rings. The maximum Gasteiger partial charge on any atom is 0.261 e. The molecular formula is C22H33N3O4. The summed E-state index contributed by atoms with van der Waals surface area (Å²) in [6.07, 6.45) is 1.98. The minimum Gasteiger partial charge on any atom is -0.378 e. The average Bonchev–Trinajstić information content (AvgIpc) is 2.96. The monoisotopic (exact) mass is 403 g/mol. The van der Waals surface area contributed by atoms with Crippen molar-refractivity contribution in [3.8, 4) is 0 Å². The van der Waals surface area contributed by atoms with E-state index in [4.69, 9.17) is 0 Å². The summed E-state index contributed by atoms with van der Waals surface area (Å²) in [5.74, 6) is -0.717. The van der Waals surface area contributed by atoms with Crippen LogP contribution in [0.25, 0.3) is 0 Å². The summed E-state index contributed by atoms with van der Waals surface area (Å²) in [5.41, 5.74) is 0.772. The summed E-state index contributed by atoms with van der Waals surface area (Å²) >= 11 is 0. The molecule has 2 aliphatic heterocycles. The molecule has 1 aromatic carbocycles. The lowest BCUT2D eigenvalue weighted by molar-refractivity contribution is -0.155. The second-order valence-corrected chi connectivity index (χ2v) is 8.00. The van der Waals surface area contributed by atoms with Crippen molar-refractivity contribution in [3.63, 3.8) is 0 Å². The molecule has 0 aromatic heterocycles. The van der Waals surface area contributed by atoms with Gasteiger partial charge in [0.2, 0.25) is 0 Å². The zero-order valence-electron chi connectivity index (χ0n) is 17.5. The first kappa shape index (κ1) is 21.9. The molecule has 29 heavy (non-hydrogen) atoms.